The lowest BCUT2D eigenvalue weighted by Gasteiger charge is -2.42. The molecule has 3 atom stereocenters. The number of hydrogen-bond acceptors (Lipinski definition) is 4. The van der Waals surface area contributed by atoms with Crippen molar-refractivity contribution >= 4 is 11.8 Å². The number of aromatic nitrogens is 2. The highest BCUT2D eigenvalue weighted by atomic mass is 16.5. The van der Waals surface area contributed by atoms with Crippen molar-refractivity contribution in [1.82, 2.24) is 20.0 Å². The number of ether oxygens (including phenoxy) is 1. The van der Waals surface area contributed by atoms with Crippen LogP contribution in [0.5, 0.6) is 0 Å². The van der Waals surface area contributed by atoms with E-state index in [4.69, 9.17) is 4.74 Å². The number of rotatable bonds is 5. The SMILES string of the molecule is COCCC(=O)N1CCN(C(=O)C23CC4CC2C3C4)C(c2cn[nH]c2)C1. The van der Waals surface area contributed by atoms with Gasteiger partial charge in [-0.05, 0) is 37.0 Å². The summed E-state index contributed by atoms with van der Waals surface area (Å²) in [4.78, 5) is 29.9. The summed E-state index contributed by atoms with van der Waals surface area (Å²) >= 11 is 0. The molecule has 2 heterocycles. The first-order valence-electron chi connectivity index (χ1n) is 9.71. The molecule has 5 aliphatic rings. The Labute approximate surface area is 153 Å². The number of methoxy groups -OCH3 is 1. The van der Waals surface area contributed by atoms with Crippen LogP contribution in [0.25, 0.3) is 0 Å². The minimum Gasteiger partial charge on any atom is -0.384 e. The molecule has 6 rings (SSSR count). The number of carbonyl (C=O) groups is 2. The van der Waals surface area contributed by atoms with E-state index in [-0.39, 0.29) is 17.4 Å². The molecule has 4 saturated carbocycles. The molecule has 7 heteroatoms. The molecule has 7 nitrogen and oxygen atoms in total. The number of nitrogens with zero attached hydrogens (tertiary/aromatic N) is 3. The Balaban J connectivity index is 1.36. The van der Waals surface area contributed by atoms with Crippen molar-refractivity contribution in [2.24, 2.45) is 23.2 Å². The summed E-state index contributed by atoms with van der Waals surface area (Å²) in [5, 5.41) is 6.93. The van der Waals surface area contributed by atoms with Gasteiger partial charge >= 0.3 is 0 Å². The molecule has 1 aromatic rings. The van der Waals surface area contributed by atoms with Crippen LogP contribution in [-0.2, 0) is 14.3 Å². The Kier molecular flexibility index (Phi) is 3.64. The van der Waals surface area contributed by atoms with Gasteiger partial charge in [0.05, 0.1) is 30.7 Å². The number of aromatic amines is 1. The second-order valence-electron chi connectivity index (χ2n) is 8.42. The maximum absolute atomic E-state index is 13.5. The fourth-order valence-corrected chi connectivity index (χ4v) is 6.12. The van der Waals surface area contributed by atoms with Crippen LogP contribution in [0, 0.1) is 23.2 Å². The second kappa shape index (κ2) is 5.81. The number of hydrogen-bond donors (Lipinski definition) is 1. The maximum atomic E-state index is 13.5. The summed E-state index contributed by atoms with van der Waals surface area (Å²) in [6, 6.07) is -0.102. The number of nitrogens with one attached hydrogen (secondary N) is 1. The summed E-state index contributed by atoms with van der Waals surface area (Å²) in [6.45, 7) is 2.20. The van der Waals surface area contributed by atoms with Gasteiger partial charge in [0.25, 0.3) is 0 Å². The highest BCUT2D eigenvalue weighted by Gasteiger charge is 2.78. The van der Waals surface area contributed by atoms with Crippen LogP contribution in [-0.4, -0.2) is 65.2 Å². The first-order chi connectivity index (χ1) is 12.6. The van der Waals surface area contributed by atoms with E-state index < -0.39 is 0 Å². The normalized spacial score (nSPS) is 37.3. The monoisotopic (exact) mass is 358 g/mol. The van der Waals surface area contributed by atoms with E-state index in [0.717, 1.165) is 17.9 Å². The van der Waals surface area contributed by atoms with Crippen molar-refractivity contribution < 1.29 is 14.3 Å². The van der Waals surface area contributed by atoms with E-state index in [1.165, 1.54) is 12.8 Å². The van der Waals surface area contributed by atoms with Gasteiger partial charge in [0.15, 0.2) is 0 Å². The van der Waals surface area contributed by atoms with Gasteiger partial charge in [0, 0.05) is 38.5 Å². The van der Waals surface area contributed by atoms with Crippen LogP contribution in [0.2, 0.25) is 0 Å². The third-order valence-corrected chi connectivity index (χ3v) is 7.32. The molecular formula is C19H26N4O3. The zero-order valence-corrected chi connectivity index (χ0v) is 15.2. The molecule has 1 saturated heterocycles. The summed E-state index contributed by atoms with van der Waals surface area (Å²) in [5.41, 5.74) is 0.927. The topological polar surface area (TPSA) is 78.5 Å². The van der Waals surface area contributed by atoms with Crippen molar-refractivity contribution in [3.63, 3.8) is 0 Å². The Hall–Kier alpha value is -1.89. The van der Waals surface area contributed by atoms with E-state index in [1.807, 2.05) is 16.0 Å². The predicted octanol–water partition coefficient (Wildman–Crippen LogP) is 1.20. The maximum Gasteiger partial charge on any atom is 0.230 e. The van der Waals surface area contributed by atoms with Crippen LogP contribution >= 0.6 is 0 Å². The first kappa shape index (κ1) is 16.3. The molecule has 1 aromatic heterocycles. The van der Waals surface area contributed by atoms with Gasteiger partial charge in [0.2, 0.25) is 11.8 Å². The third kappa shape index (κ3) is 2.19. The van der Waals surface area contributed by atoms with Crippen LogP contribution < -0.4 is 0 Å². The molecule has 1 N–H and O–H groups in total. The molecule has 2 amide bonds. The lowest BCUT2D eigenvalue weighted by Crippen LogP contribution is -2.54. The average molecular weight is 358 g/mol. The van der Waals surface area contributed by atoms with Crippen molar-refractivity contribution in [2.45, 2.75) is 31.7 Å². The molecule has 26 heavy (non-hydrogen) atoms. The van der Waals surface area contributed by atoms with Crippen LogP contribution in [0.15, 0.2) is 12.4 Å². The Bertz CT molecular complexity index is 706. The van der Waals surface area contributed by atoms with E-state index in [2.05, 4.69) is 10.2 Å². The molecule has 140 valence electrons. The fraction of sp³-hybridized carbons (Fsp3) is 0.737. The summed E-state index contributed by atoms with van der Waals surface area (Å²) in [5.74, 6) is 2.47. The minimum absolute atomic E-state index is 0.0606. The van der Waals surface area contributed by atoms with Gasteiger partial charge < -0.3 is 14.5 Å². The first-order valence-corrected chi connectivity index (χ1v) is 9.71. The van der Waals surface area contributed by atoms with E-state index in [9.17, 15) is 9.59 Å². The Morgan fingerprint density at radius 1 is 1.35 bits per heavy atom. The summed E-state index contributed by atoms with van der Waals surface area (Å²) < 4.78 is 5.04. The minimum atomic E-state index is -0.102. The molecule has 4 bridgehead atoms. The third-order valence-electron chi connectivity index (χ3n) is 7.32. The van der Waals surface area contributed by atoms with E-state index in [1.54, 1.807) is 13.3 Å². The van der Waals surface area contributed by atoms with Gasteiger partial charge in [0.1, 0.15) is 0 Å². The van der Waals surface area contributed by atoms with Crippen LogP contribution in [0.3, 0.4) is 0 Å². The molecule has 1 aliphatic heterocycles. The lowest BCUT2D eigenvalue weighted by atomic mass is 9.97. The largest absolute Gasteiger partial charge is 0.384 e. The fourth-order valence-electron chi connectivity index (χ4n) is 6.12. The second-order valence-corrected chi connectivity index (χ2v) is 8.42. The smallest absolute Gasteiger partial charge is 0.230 e. The summed E-state index contributed by atoms with van der Waals surface area (Å²) in [7, 11) is 1.61. The van der Waals surface area contributed by atoms with E-state index >= 15 is 0 Å². The molecule has 0 radical (unpaired) electrons. The number of carbonyl (C=O) groups excluding carboxylic acids is 2. The van der Waals surface area contributed by atoms with Crippen molar-refractivity contribution in [3.05, 3.63) is 18.0 Å². The molecule has 0 aromatic carbocycles. The number of piperazine rings is 1. The van der Waals surface area contributed by atoms with Crippen LogP contribution in [0.1, 0.15) is 37.3 Å². The van der Waals surface area contributed by atoms with Gasteiger partial charge in [-0.25, -0.2) is 0 Å². The molecule has 4 aliphatic carbocycles. The van der Waals surface area contributed by atoms with Gasteiger partial charge in [-0.1, -0.05) is 0 Å². The molecular weight excluding hydrogens is 332 g/mol. The highest BCUT2D eigenvalue weighted by Crippen LogP contribution is 2.79. The molecule has 3 unspecified atom stereocenters. The van der Waals surface area contributed by atoms with E-state index in [0.29, 0.717) is 50.4 Å². The molecule has 5 fully saturated rings. The van der Waals surface area contributed by atoms with Gasteiger partial charge in [-0.2, -0.15) is 5.10 Å². The van der Waals surface area contributed by atoms with Crippen molar-refractivity contribution in [2.75, 3.05) is 33.4 Å². The summed E-state index contributed by atoms with van der Waals surface area (Å²) in [6.07, 6.45) is 7.62. The van der Waals surface area contributed by atoms with Crippen molar-refractivity contribution in [3.8, 4) is 0 Å². The average Bonchev–Trinajstić information content (AvgIpc) is 3.29. The number of H-pyrrole nitrogens is 1. The van der Waals surface area contributed by atoms with Crippen LogP contribution in [0.4, 0.5) is 0 Å². The zero-order chi connectivity index (χ0) is 17.9. The van der Waals surface area contributed by atoms with Gasteiger partial charge in [-0.3, -0.25) is 14.7 Å². The highest BCUT2D eigenvalue weighted by molar-refractivity contribution is 5.89. The quantitative estimate of drug-likeness (QED) is 0.858. The van der Waals surface area contributed by atoms with Gasteiger partial charge in [-0.15, -0.1) is 0 Å². The lowest BCUT2D eigenvalue weighted by molar-refractivity contribution is -0.148. The zero-order valence-electron chi connectivity index (χ0n) is 15.2. The Morgan fingerprint density at radius 3 is 2.77 bits per heavy atom. The number of amides is 2. The molecule has 0 spiro atoms. The standard InChI is InChI=1S/C19H26N4O3/c1-26-5-2-17(24)22-3-4-23(16(11-22)13-9-20-21-10-13)18(25)19-8-12-6-14(19)15(19)7-12/h9-10,12,14-16H,2-8,11H2,1H3,(H,20,21). The van der Waals surface area contributed by atoms with Crippen molar-refractivity contribution in [1.29, 1.82) is 0 Å². The predicted molar refractivity (Wildman–Crippen MR) is 92.9 cm³/mol. The Morgan fingerprint density at radius 2 is 2.15 bits per heavy atom.